The normalized spacial score (nSPS) is 11.9. The van der Waals surface area contributed by atoms with Crippen molar-refractivity contribution >= 4 is 216 Å². The third-order valence-electron chi connectivity index (χ3n) is 30.2. The number of thiophene rings is 1. The second-order valence-electron chi connectivity index (χ2n) is 38.5. The van der Waals surface area contributed by atoms with Gasteiger partial charge >= 0.3 is 0 Å². The predicted molar refractivity (Wildman–Crippen MR) is 627 cm³/mol. The van der Waals surface area contributed by atoms with E-state index in [0.29, 0.717) is 11.6 Å². The molecule has 0 spiro atoms. The van der Waals surface area contributed by atoms with Crippen molar-refractivity contribution in [2.24, 2.45) is 0 Å². The van der Waals surface area contributed by atoms with E-state index in [-0.39, 0.29) is 0 Å². The van der Waals surface area contributed by atoms with E-state index >= 15 is 0 Å². The maximum Gasteiger partial charge on any atom is 0.165 e. The summed E-state index contributed by atoms with van der Waals surface area (Å²) in [5.41, 5.74) is 26.5. The summed E-state index contributed by atoms with van der Waals surface area (Å²) in [7, 11) is 0. The monoisotopic (exact) mass is 1910 g/mol. The van der Waals surface area contributed by atoms with Gasteiger partial charge in [-0.25, -0.2) is 29.9 Å². The smallest absolute Gasteiger partial charge is 0.165 e. The average molecular weight is 1910 g/mol. The first kappa shape index (κ1) is 84.9. The number of aromatic nitrogens is 10. The van der Waals surface area contributed by atoms with Crippen LogP contribution in [0.2, 0.25) is 0 Å². The summed E-state index contributed by atoms with van der Waals surface area (Å²) in [6, 6.07) is 182. The zero-order valence-corrected chi connectivity index (χ0v) is 81.2. The van der Waals surface area contributed by atoms with Crippen molar-refractivity contribution in [3.63, 3.8) is 0 Å². The number of hydrogen-bond acceptors (Lipinski definition) is 7. The molecule has 0 aliphatic carbocycles. The van der Waals surface area contributed by atoms with Crippen LogP contribution in [0, 0.1) is 0 Å². The fourth-order valence-electron chi connectivity index (χ4n) is 23.7. The zero-order chi connectivity index (χ0) is 97.8. The highest BCUT2D eigenvalue weighted by Gasteiger charge is 2.30. The van der Waals surface area contributed by atoms with Gasteiger partial charge in [-0.2, -0.15) is 0 Å². The first-order chi connectivity index (χ1) is 74.0. The molecule has 0 N–H and O–H groups in total. The van der Waals surface area contributed by atoms with E-state index < -0.39 is 0 Å². The van der Waals surface area contributed by atoms with Crippen LogP contribution in [0.25, 0.3) is 295 Å². The van der Waals surface area contributed by atoms with Crippen LogP contribution in [0.4, 0.5) is 0 Å². The van der Waals surface area contributed by atoms with Gasteiger partial charge in [0.25, 0.3) is 0 Å². The summed E-state index contributed by atoms with van der Waals surface area (Å²) in [4.78, 5) is 31.4. The molecule has 692 valence electrons. The molecule has 11 heteroatoms. The largest absolute Gasteiger partial charge is 0.308 e. The van der Waals surface area contributed by atoms with Crippen LogP contribution in [0.3, 0.4) is 0 Å². The summed E-state index contributed by atoms with van der Waals surface area (Å²) in [6.07, 6.45) is 0. The molecule has 32 rings (SSSR count). The fourth-order valence-corrected chi connectivity index (χ4v) is 25.0. The molecule has 0 bridgehead atoms. The minimum absolute atomic E-state index is 0.699. The number of para-hydroxylation sites is 6. The summed E-state index contributed by atoms with van der Waals surface area (Å²) < 4.78 is 12.4. The molecule has 8 aromatic heterocycles. The molecule has 0 amide bonds. The molecular formula is C138H84N10S. The Balaban J connectivity index is 0.000000104. The van der Waals surface area contributed by atoms with Crippen molar-refractivity contribution in [1.82, 2.24) is 48.2 Å². The van der Waals surface area contributed by atoms with E-state index in [1.807, 2.05) is 65.9 Å². The quantitative estimate of drug-likeness (QED) is 0.135. The van der Waals surface area contributed by atoms with E-state index in [4.69, 9.17) is 29.9 Å². The minimum Gasteiger partial charge on any atom is -0.308 e. The van der Waals surface area contributed by atoms with Crippen LogP contribution < -0.4 is 0 Å². The Hall–Kier alpha value is -19.7. The molecular weight excluding hydrogens is 1830 g/mol. The van der Waals surface area contributed by atoms with E-state index in [1.54, 1.807) is 0 Å². The average Bonchev–Trinajstić information content (AvgIpc) is 1.52. The van der Waals surface area contributed by atoms with Gasteiger partial charge in [0, 0.05) is 114 Å². The summed E-state index contributed by atoms with van der Waals surface area (Å²) in [5.74, 6) is 2.24. The standard InChI is InChI=1S/C52H32N4.C46H27N3S.C40H25N3/c1-3-17-34(18-4-1)49-41-26-11-13-28-43(41)53-52(54-49)35-19-15-22-37(32-35)56-45-31-30-33-16-7-8-23-38(33)47(45)48-40-25-10-9-24-39(40)46-42-27-12-14-29-44(42)55(50(46)51(48)56)36-20-5-2-6-21-36;1-2-14-29(15-3-1)43-35-21-8-10-23-37(35)47-46(48-43)30-16-12-17-31(27-30)49-38-26-25-28-13-4-5-18-32(28)41(38)42-34-20-7-6-19-33(34)40-36-22-9-11-24-39(36)50-45(40)44(42)49;1-2-10-26(11-3-1)27-18-20-30(21-19-27)39-40(42-34-17-9-8-16-33(34)41-39)43-35-24-22-28-12-4-6-14-31(28)37(35)38-32-15-7-5-13-29(32)23-25-36(38)43/h1-32H;1-27H;1-25H. The van der Waals surface area contributed by atoms with Gasteiger partial charge < -0.3 is 13.7 Å². The van der Waals surface area contributed by atoms with Crippen LogP contribution in [0.15, 0.2) is 510 Å². The summed E-state index contributed by atoms with van der Waals surface area (Å²) in [6.45, 7) is 0. The molecule has 32 aromatic rings. The lowest BCUT2D eigenvalue weighted by atomic mass is 9.96. The van der Waals surface area contributed by atoms with Gasteiger partial charge in [0.05, 0.1) is 82.3 Å². The maximum absolute atomic E-state index is 5.34. The van der Waals surface area contributed by atoms with Gasteiger partial charge in [-0.3, -0.25) is 4.57 Å². The highest BCUT2D eigenvalue weighted by Crippen LogP contribution is 2.53. The van der Waals surface area contributed by atoms with Crippen LogP contribution in [0.5, 0.6) is 0 Å². The topological polar surface area (TPSA) is 97.1 Å². The first-order valence-electron chi connectivity index (χ1n) is 50.6. The van der Waals surface area contributed by atoms with Gasteiger partial charge in [0.2, 0.25) is 0 Å². The number of benzene rings is 24. The number of rotatable bonds is 10. The Labute approximate surface area is 858 Å². The van der Waals surface area contributed by atoms with Gasteiger partial charge in [-0.05, 0) is 173 Å². The van der Waals surface area contributed by atoms with E-state index in [1.165, 1.54) is 167 Å². The number of hydrogen-bond donors (Lipinski definition) is 0. The maximum atomic E-state index is 5.34. The molecule has 0 aliphatic heterocycles. The third-order valence-corrected chi connectivity index (χ3v) is 31.4. The molecule has 8 heterocycles. The van der Waals surface area contributed by atoms with Crippen molar-refractivity contribution in [3.05, 3.63) is 510 Å². The Morgan fingerprint density at radius 3 is 0.980 bits per heavy atom. The van der Waals surface area contributed by atoms with Gasteiger partial charge in [-0.15, -0.1) is 11.3 Å². The van der Waals surface area contributed by atoms with Gasteiger partial charge in [0.15, 0.2) is 17.5 Å². The second kappa shape index (κ2) is 34.5. The molecule has 0 atom stereocenters. The fraction of sp³-hybridized carbons (Fsp3) is 0. The summed E-state index contributed by atoms with van der Waals surface area (Å²) in [5, 5.41) is 29.7. The number of fused-ring (bicyclic) bond motifs is 34. The molecule has 0 fully saturated rings. The van der Waals surface area contributed by atoms with Crippen LogP contribution in [0.1, 0.15) is 0 Å². The van der Waals surface area contributed by atoms with Gasteiger partial charge in [0.1, 0.15) is 5.69 Å². The van der Waals surface area contributed by atoms with Crippen molar-refractivity contribution < 1.29 is 0 Å². The molecule has 0 saturated carbocycles. The lowest BCUT2D eigenvalue weighted by Crippen LogP contribution is -2.03. The van der Waals surface area contributed by atoms with Gasteiger partial charge in [-0.1, -0.05) is 413 Å². The van der Waals surface area contributed by atoms with Crippen LogP contribution in [-0.4, -0.2) is 48.2 Å². The van der Waals surface area contributed by atoms with Crippen molar-refractivity contribution in [1.29, 1.82) is 0 Å². The van der Waals surface area contributed by atoms with E-state index in [2.05, 4.69) is 473 Å². The molecule has 0 saturated heterocycles. The van der Waals surface area contributed by atoms with Crippen molar-refractivity contribution in [3.8, 4) is 90.6 Å². The molecule has 0 unspecified atom stereocenters. The lowest BCUT2D eigenvalue weighted by Gasteiger charge is -2.15. The number of nitrogens with zero attached hydrogens (tertiary/aromatic N) is 10. The molecule has 24 aromatic carbocycles. The lowest BCUT2D eigenvalue weighted by molar-refractivity contribution is 1.08. The SMILES string of the molecule is c1ccc(-c2ccc(-c3nc4ccccc4nc3-n3c4ccc5ccccc5c4c4c5ccccc5ccc43)cc2)cc1.c1ccc(-c2nc(-c3cccc(-n4c5ccc6ccccc6c5c5c6ccccc6c6c7ccccc7n(-c7ccccc7)c6c54)c3)nc3ccccc23)cc1.c1ccc(-c2nc(-c3cccc(-n4c5ccc6ccccc6c5c5c6ccccc6c6c7ccccc7sc6c54)c3)nc3ccccc23)cc1. The molecule has 0 radical (unpaired) electrons. The Kier molecular flexibility index (Phi) is 19.7. The second-order valence-corrected chi connectivity index (χ2v) is 39.5. The van der Waals surface area contributed by atoms with E-state index in [0.717, 1.165) is 117 Å². The zero-order valence-electron chi connectivity index (χ0n) is 80.4. The Morgan fingerprint density at radius 1 is 0.161 bits per heavy atom. The van der Waals surface area contributed by atoms with Crippen LogP contribution in [-0.2, 0) is 0 Å². The van der Waals surface area contributed by atoms with Crippen molar-refractivity contribution in [2.75, 3.05) is 0 Å². The first-order valence-corrected chi connectivity index (χ1v) is 51.4. The Morgan fingerprint density at radius 2 is 0.483 bits per heavy atom. The Bertz CT molecular complexity index is 11100. The summed E-state index contributed by atoms with van der Waals surface area (Å²) >= 11 is 1.89. The minimum atomic E-state index is 0.699. The van der Waals surface area contributed by atoms with E-state index in [9.17, 15) is 0 Å². The third kappa shape index (κ3) is 13.6. The van der Waals surface area contributed by atoms with Crippen LogP contribution >= 0.6 is 11.3 Å². The molecule has 0 aliphatic rings. The molecule has 10 nitrogen and oxygen atoms in total. The van der Waals surface area contributed by atoms with Crippen molar-refractivity contribution in [2.45, 2.75) is 0 Å². The highest BCUT2D eigenvalue weighted by atomic mass is 32.1. The molecule has 149 heavy (non-hydrogen) atoms. The predicted octanol–water partition coefficient (Wildman–Crippen LogP) is 36.6. The highest BCUT2D eigenvalue weighted by molar-refractivity contribution is 7.27.